The summed E-state index contributed by atoms with van der Waals surface area (Å²) in [6.45, 7) is 2.47. The van der Waals surface area contributed by atoms with Crippen molar-refractivity contribution in [2.24, 2.45) is 0 Å². The van der Waals surface area contributed by atoms with E-state index >= 15 is 0 Å². The topological polar surface area (TPSA) is 63.5 Å². The Morgan fingerprint density at radius 2 is 2.18 bits per heavy atom. The summed E-state index contributed by atoms with van der Waals surface area (Å²) in [5.41, 5.74) is -0.305. The van der Waals surface area contributed by atoms with E-state index in [0.717, 1.165) is 6.42 Å². The molecule has 6 heteroatoms. The first-order valence-corrected chi connectivity index (χ1v) is 5.55. The van der Waals surface area contributed by atoms with Gasteiger partial charge in [-0.15, -0.1) is 0 Å². The van der Waals surface area contributed by atoms with Gasteiger partial charge in [0, 0.05) is 13.6 Å². The van der Waals surface area contributed by atoms with E-state index in [1.807, 2.05) is 6.92 Å². The first-order valence-electron chi connectivity index (χ1n) is 5.17. The molecule has 1 aromatic carbocycles. The summed E-state index contributed by atoms with van der Waals surface area (Å²) in [5.74, 6) is -0.388. The second kappa shape index (κ2) is 5.63. The van der Waals surface area contributed by atoms with Crippen molar-refractivity contribution in [1.82, 2.24) is 4.90 Å². The zero-order valence-corrected chi connectivity index (χ0v) is 10.4. The molecule has 0 unspecified atom stereocenters. The average molecular weight is 257 g/mol. The minimum absolute atomic E-state index is 0.0225. The van der Waals surface area contributed by atoms with E-state index in [9.17, 15) is 14.9 Å². The third kappa shape index (κ3) is 2.94. The summed E-state index contributed by atoms with van der Waals surface area (Å²) in [7, 11) is 1.61. The number of hydrogen-bond donors (Lipinski definition) is 0. The second-order valence-corrected chi connectivity index (χ2v) is 4.03. The Labute approximate surface area is 104 Å². The smallest absolute Gasteiger partial charge is 0.300 e. The number of halogens is 1. The normalized spacial score (nSPS) is 10.1. The van der Waals surface area contributed by atoms with E-state index in [4.69, 9.17) is 11.6 Å². The number of nitro benzene ring substituents is 1. The first-order chi connectivity index (χ1) is 7.99. The van der Waals surface area contributed by atoms with E-state index in [1.54, 1.807) is 7.05 Å². The highest BCUT2D eigenvalue weighted by Gasteiger charge is 2.25. The van der Waals surface area contributed by atoms with Crippen molar-refractivity contribution >= 4 is 23.2 Å². The fraction of sp³-hybridized carbons (Fsp3) is 0.364. The van der Waals surface area contributed by atoms with Crippen LogP contribution in [0.25, 0.3) is 0 Å². The molecule has 0 heterocycles. The lowest BCUT2D eigenvalue weighted by molar-refractivity contribution is -0.385. The minimum Gasteiger partial charge on any atom is -0.341 e. The quantitative estimate of drug-likeness (QED) is 0.615. The van der Waals surface area contributed by atoms with Crippen LogP contribution in [0, 0.1) is 10.1 Å². The van der Waals surface area contributed by atoms with Gasteiger partial charge in [0.05, 0.1) is 4.92 Å². The van der Waals surface area contributed by atoms with E-state index in [2.05, 4.69) is 0 Å². The molecule has 0 atom stereocenters. The Hall–Kier alpha value is -1.62. The number of nitro groups is 1. The van der Waals surface area contributed by atoms with Crippen LogP contribution in [0.3, 0.4) is 0 Å². The van der Waals surface area contributed by atoms with Crippen LogP contribution in [0.15, 0.2) is 18.2 Å². The average Bonchev–Trinajstić information content (AvgIpc) is 2.27. The first kappa shape index (κ1) is 13.4. The molecule has 0 aliphatic heterocycles. The molecule has 1 rings (SSSR count). The summed E-state index contributed by atoms with van der Waals surface area (Å²) in [4.78, 5) is 23.7. The lowest BCUT2D eigenvalue weighted by atomic mass is 10.1. The van der Waals surface area contributed by atoms with Gasteiger partial charge >= 0.3 is 5.69 Å². The van der Waals surface area contributed by atoms with Crippen molar-refractivity contribution in [1.29, 1.82) is 0 Å². The summed E-state index contributed by atoms with van der Waals surface area (Å²) in [6, 6.07) is 4.34. The second-order valence-electron chi connectivity index (χ2n) is 3.62. The van der Waals surface area contributed by atoms with Gasteiger partial charge in [-0.2, -0.15) is 0 Å². The van der Waals surface area contributed by atoms with Crippen LogP contribution in [0.1, 0.15) is 23.7 Å². The molecule has 0 fully saturated rings. The molecule has 0 N–H and O–H groups in total. The number of rotatable bonds is 4. The number of hydrogen-bond acceptors (Lipinski definition) is 3. The van der Waals surface area contributed by atoms with Crippen molar-refractivity contribution in [3.63, 3.8) is 0 Å². The Morgan fingerprint density at radius 1 is 1.53 bits per heavy atom. The fourth-order valence-electron chi connectivity index (χ4n) is 1.52. The van der Waals surface area contributed by atoms with Crippen molar-refractivity contribution in [3.8, 4) is 0 Å². The Morgan fingerprint density at radius 3 is 2.71 bits per heavy atom. The van der Waals surface area contributed by atoms with Crippen LogP contribution in [0.4, 0.5) is 5.69 Å². The largest absolute Gasteiger partial charge is 0.341 e. The van der Waals surface area contributed by atoms with Gasteiger partial charge in [-0.25, -0.2) is 0 Å². The van der Waals surface area contributed by atoms with Crippen LogP contribution >= 0.6 is 11.6 Å². The molecule has 0 aliphatic carbocycles. The molecular weight excluding hydrogens is 244 g/mol. The molecule has 0 saturated heterocycles. The molecule has 1 aromatic rings. The third-order valence-corrected chi connectivity index (χ3v) is 2.61. The minimum atomic E-state index is -0.630. The van der Waals surface area contributed by atoms with Gasteiger partial charge in [0.15, 0.2) is 0 Å². The zero-order chi connectivity index (χ0) is 13.0. The summed E-state index contributed by atoms with van der Waals surface area (Å²) in [5, 5.41) is 10.9. The molecule has 17 heavy (non-hydrogen) atoms. The molecule has 0 aliphatic rings. The summed E-state index contributed by atoms with van der Waals surface area (Å²) < 4.78 is 0. The third-order valence-electron chi connectivity index (χ3n) is 2.31. The maximum absolute atomic E-state index is 12.0. The molecular formula is C11H13ClN2O3. The molecule has 0 spiro atoms. The van der Waals surface area contributed by atoms with E-state index < -0.39 is 4.92 Å². The Kier molecular flexibility index (Phi) is 4.45. The Bertz CT molecular complexity index is 448. The number of para-hydroxylation sites is 1. The van der Waals surface area contributed by atoms with E-state index in [0.29, 0.717) is 6.54 Å². The zero-order valence-electron chi connectivity index (χ0n) is 9.64. The number of nitrogens with zero attached hydrogens (tertiary/aromatic N) is 2. The van der Waals surface area contributed by atoms with Gasteiger partial charge in [-0.1, -0.05) is 24.6 Å². The standard InChI is InChI=1S/C11H13ClN2O3/c1-3-7-13(2)11(15)8-5-4-6-9(12)10(8)14(16)17/h4-6H,3,7H2,1-2H3. The molecule has 0 aromatic heterocycles. The Balaban J connectivity index is 3.18. The molecule has 0 radical (unpaired) electrons. The molecule has 1 amide bonds. The molecule has 0 saturated carbocycles. The van der Waals surface area contributed by atoms with Crippen LogP contribution in [0.5, 0.6) is 0 Å². The number of carbonyl (C=O) groups excluding carboxylic acids is 1. The van der Waals surface area contributed by atoms with E-state index in [-0.39, 0.29) is 22.2 Å². The van der Waals surface area contributed by atoms with Gasteiger partial charge in [0.2, 0.25) is 0 Å². The van der Waals surface area contributed by atoms with Gasteiger partial charge < -0.3 is 4.90 Å². The van der Waals surface area contributed by atoms with Gasteiger partial charge in [0.25, 0.3) is 5.91 Å². The number of carbonyl (C=O) groups is 1. The summed E-state index contributed by atoms with van der Waals surface area (Å²) in [6.07, 6.45) is 0.788. The lowest BCUT2D eigenvalue weighted by Crippen LogP contribution is -2.28. The summed E-state index contributed by atoms with van der Waals surface area (Å²) >= 11 is 5.74. The maximum Gasteiger partial charge on any atom is 0.300 e. The molecule has 0 bridgehead atoms. The highest BCUT2D eigenvalue weighted by molar-refractivity contribution is 6.33. The number of benzene rings is 1. The van der Waals surface area contributed by atoms with Crippen LogP contribution in [-0.2, 0) is 0 Å². The van der Waals surface area contributed by atoms with Gasteiger partial charge in [-0.05, 0) is 18.6 Å². The number of amides is 1. The highest BCUT2D eigenvalue weighted by Crippen LogP contribution is 2.28. The molecule has 92 valence electrons. The van der Waals surface area contributed by atoms with Crippen molar-refractivity contribution in [2.75, 3.05) is 13.6 Å². The lowest BCUT2D eigenvalue weighted by Gasteiger charge is -2.16. The monoisotopic (exact) mass is 256 g/mol. The van der Waals surface area contributed by atoms with Crippen molar-refractivity contribution in [2.45, 2.75) is 13.3 Å². The van der Waals surface area contributed by atoms with Crippen molar-refractivity contribution in [3.05, 3.63) is 38.9 Å². The fourth-order valence-corrected chi connectivity index (χ4v) is 1.76. The van der Waals surface area contributed by atoms with Gasteiger partial charge in [0.1, 0.15) is 10.6 Å². The highest BCUT2D eigenvalue weighted by atomic mass is 35.5. The maximum atomic E-state index is 12.0. The van der Waals surface area contributed by atoms with Gasteiger partial charge in [-0.3, -0.25) is 14.9 Å². The predicted octanol–water partition coefficient (Wildman–Crippen LogP) is 2.73. The molecule has 5 nitrogen and oxygen atoms in total. The van der Waals surface area contributed by atoms with Crippen LogP contribution in [-0.4, -0.2) is 29.3 Å². The van der Waals surface area contributed by atoms with Crippen LogP contribution < -0.4 is 0 Å². The van der Waals surface area contributed by atoms with Crippen molar-refractivity contribution < 1.29 is 9.72 Å². The predicted molar refractivity (Wildman–Crippen MR) is 65.4 cm³/mol. The SMILES string of the molecule is CCCN(C)C(=O)c1cccc(Cl)c1[N+](=O)[O-]. The van der Waals surface area contributed by atoms with E-state index in [1.165, 1.54) is 23.1 Å². The van der Waals surface area contributed by atoms with Crippen LogP contribution in [0.2, 0.25) is 5.02 Å².